The zero-order valence-electron chi connectivity index (χ0n) is 9.71. The normalized spacial score (nSPS) is 25.7. The fourth-order valence-electron chi connectivity index (χ4n) is 1.78. The highest BCUT2D eigenvalue weighted by molar-refractivity contribution is 8.14. The fraction of sp³-hybridized carbons (Fsp3) is 0.700. The van der Waals surface area contributed by atoms with Gasteiger partial charge in [-0.15, -0.1) is 0 Å². The number of alkyl halides is 1. The van der Waals surface area contributed by atoms with E-state index in [1.165, 1.54) is 6.92 Å². The van der Waals surface area contributed by atoms with Crippen LogP contribution in [-0.4, -0.2) is 37.9 Å². The number of β-lactam (4-membered cyclic amide) rings is 1. The number of aliphatic carboxylic acids is 1. The summed E-state index contributed by atoms with van der Waals surface area (Å²) in [5.41, 5.74) is -1.41. The number of likely N-dealkylation sites (tertiary alicyclic amines) is 1. The van der Waals surface area contributed by atoms with Gasteiger partial charge in [-0.05, 0) is 5.92 Å². The van der Waals surface area contributed by atoms with Crippen LogP contribution in [0.2, 0.25) is 0 Å². The van der Waals surface area contributed by atoms with E-state index >= 15 is 0 Å². The van der Waals surface area contributed by atoms with Crippen LogP contribution in [0.4, 0.5) is 0 Å². The molecule has 0 aromatic heterocycles. The largest absolute Gasteiger partial charge is 0.479 e. The smallest absolute Gasteiger partial charge is 0.342 e. The molecule has 0 aliphatic carbocycles. The summed E-state index contributed by atoms with van der Waals surface area (Å²) in [5.74, 6) is -1.88. The van der Waals surface area contributed by atoms with Crippen LogP contribution in [-0.2, 0) is 14.4 Å². The Hall–Kier alpha value is -0.750. The third kappa shape index (κ3) is 2.74. The summed E-state index contributed by atoms with van der Waals surface area (Å²) in [5, 5.41) is 8.16. The zero-order chi connectivity index (χ0) is 13.3. The second-order valence-electron chi connectivity index (χ2n) is 4.19. The molecule has 1 aliphatic heterocycles. The highest BCUT2D eigenvalue weighted by Gasteiger charge is 2.53. The van der Waals surface area contributed by atoms with Crippen molar-refractivity contribution in [3.05, 3.63) is 0 Å². The molecule has 7 heteroatoms. The maximum atomic E-state index is 11.8. The van der Waals surface area contributed by atoms with Crippen LogP contribution >= 0.6 is 23.4 Å². The van der Waals surface area contributed by atoms with Crippen LogP contribution in [0.25, 0.3) is 0 Å². The molecule has 0 spiro atoms. The van der Waals surface area contributed by atoms with Gasteiger partial charge in [0.25, 0.3) is 0 Å². The summed E-state index contributed by atoms with van der Waals surface area (Å²) in [6.45, 7) is 5.10. The fourth-order valence-corrected chi connectivity index (χ4v) is 3.33. The first-order chi connectivity index (χ1) is 7.77. The van der Waals surface area contributed by atoms with Gasteiger partial charge in [0.15, 0.2) is 5.12 Å². The number of rotatable bonds is 4. The second-order valence-corrected chi connectivity index (χ2v) is 5.90. The molecule has 1 fully saturated rings. The van der Waals surface area contributed by atoms with E-state index in [4.69, 9.17) is 16.7 Å². The van der Waals surface area contributed by atoms with Gasteiger partial charge in [0.1, 0.15) is 0 Å². The number of hydrogen-bond acceptors (Lipinski definition) is 4. The van der Waals surface area contributed by atoms with Crippen LogP contribution in [0, 0.1) is 11.8 Å². The van der Waals surface area contributed by atoms with Crippen molar-refractivity contribution in [1.29, 1.82) is 0 Å². The number of nitrogens with zero attached hydrogens (tertiary/aromatic N) is 1. The SMILES string of the molecule is CC(=O)SC1C(C(C)C)C(=O)N1C(Cl)C(=O)O. The molecule has 0 saturated carbocycles. The van der Waals surface area contributed by atoms with Gasteiger partial charge in [0, 0.05) is 6.92 Å². The molecule has 1 heterocycles. The van der Waals surface area contributed by atoms with E-state index in [2.05, 4.69) is 0 Å². The van der Waals surface area contributed by atoms with Crippen LogP contribution in [0.15, 0.2) is 0 Å². The van der Waals surface area contributed by atoms with E-state index in [1.54, 1.807) is 0 Å². The maximum absolute atomic E-state index is 11.8. The van der Waals surface area contributed by atoms with Gasteiger partial charge in [-0.3, -0.25) is 9.59 Å². The quantitative estimate of drug-likeness (QED) is 0.478. The standard InChI is InChI=1S/C10H14ClNO4S/c1-4(2)6-8(14)12(7(11)10(15)16)9(6)17-5(3)13/h4,6-7,9H,1-3H3,(H,15,16). The molecule has 1 rings (SSSR count). The van der Waals surface area contributed by atoms with Crippen molar-refractivity contribution in [1.82, 2.24) is 4.90 Å². The van der Waals surface area contributed by atoms with Crippen molar-refractivity contribution in [3.8, 4) is 0 Å². The molecule has 1 aliphatic rings. The van der Waals surface area contributed by atoms with Crippen LogP contribution in [0.1, 0.15) is 20.8 Å². The molecule has 0 radical (unpaired) electrons. The van der Waals surface area contributed by atoms with E-state index in [9.17, 15) is 14.4 Å². The summed E-state index contributed by atoms with van der Waals surface area (Å²) >= 11 is 6.60. The van der Waals surface area contributed by atoms with E-state index in [1.807, 2.05) is 13.8 Å². The maximum Gasteiger partial charge on any atom is 0.342 e. The Morgan fingerprint density at radius 2 is 2.00 bits per heavy atom. The lowest BCUT2D eigenvalue weighted by molar-refractivity contribution is -0.162. The Balaban J connectivity index is 2.87. The predicted octanol–water partition coefficient (Wildman–Crippen LogP) is 1.36. The predicted molar refractivity (Wildman–Crippen MR) is 64.5 cm³/mol. The number of carboxylic acids is 1. The molecule has 1 N–H and O–H groups in total. The van der Waals surface area contributed by atoms with Gasteiger partial charge in [-0.2, -0.15) is 0 Å². The Morgan fingerprint density at radius 3 is 2.35 bits per heavy atom. The van der Waals surface area contributed by atoms with Gasteiger partial charge in [0.2, 0.25) is 11.4 Å². The summed E-state index contributed by atoms with van der Waals surface area (Å²) in [6.07, 6.45) is 0. The topological polar surface area (TPSA) is 74.7 Å². The Labute approximate surface area is 108 Å². The minimum atomic E-state index is -1.41. The Morgan fingerprint density at radius 1 is 1.47 bits per heavy atom. The van der Waals surface area contributed by atoms with Crippen LogP contribution in [0.5, 0.6) is 0 Å². The van der Waals surface area contributed by atoms with Crippen molar-refractivity contribution >= 4 is 40.4 Å². The first-order valence-electron chi connectivity index (χ1n) is 5.13. The third-order valence-electron chi connectivity index (χ3n) is 2.57. The monoisotopic (exact) mass is 279 g/mol. The molecule has 0 aromatic carbocycles. The molecular weight excluding hydrogens is 266 g/mol. The van der Waals surface area contributed by atoms with Gasteiger partial charge >= 0.3 is 5.97 Å². The molecule has 0 bridgehead atoms. The minimum absolute atomic E-state index is 0.0493. The number of hydrogen-bond donors (Lipinski definition) is 1. The molecule has 1 amide bonds. The number of carbonyl (C=O) groups is 3. The number of amides is 1. The number of thioether (sulfide) groups is 1. The van der Waals surface area contributed by atoms with Gasteiger partial charge < -0.3 is 10.0 Å². The Kier molecular flexibility index (Phi) is 4.43. The number of carboxylic acid groups (broad SMARTS) is 1. The van der Waals surface area contributed by atoms with Crippen molar-refractivity contribution in [2.45, 2.75) is 31.6 Å². The summed E-state index contributed by atoms with van der Waals surface area (Å²) in [4.78, 5) is 34.7. The highest BCUT2D eigenvalue weighted by Crippen LogP contribution is 2.41. The molecule has 1 saturated heterocycles. The van der Waals surface area contributed by atoms with Gasteiger partial charge in [0.05, 0.1) is 11.3 Å². The lowest BCUT2D eigenvalue weighted by Gasteiger charge is -2.48. The molecular formula is C10H14ClNO4S. The first kappa shape index (κ1) is 14.3. The summed E-state index contributed by atoms with van der Waals surface area (Å²) < 4.78 is 0. The first-order valence-corrected chi connectivity index (χ1v) is 6.45. The van der Waals surface area contributed by atoms with E-state index in [0.29, 0.717) is 0 Å². The number of carbonyl (C=O) groups excluding carboxylic acids is 2. The summed E-state index contributed by atoms with van der Waals surface area (Å²) in [7, 11) is 0. The summed E-state index contributed by atoms with van der Waals surface area (Å²) in [6, 6.07) is 0. The van der Waals surface area contributed by atoms with Crippen LogP contribution in [0.3, 0.4) is 0 Å². The van der Waals surface area contributed by atoms with E-state index in [0.717, 1.165) is 16.7 Å². The zero-order valence-corrected chi connectivity index (χ0v) is 11.3. The minimum Gasteiger partial charge on any atom is -0.479 e. The van der Waals surface area contributed by atoms with Crippen molar-refractivity contribution in [2.75, 3.05) is 0 Å². The number of halogens is 1. The van der Waals surface area contributed by atoms with E-state index < -0.39 is 16.8 Å². The van der Waals surface area contributed by atoms with Crippen molar-refractivity contribution in [2.24, 2.45) is 11.8 Å². The molecule has 3 unspecified atom stereocenters. The molecule has 5 nitrogen and oxygen atoms in total. The van der Waals surface area contributed by atoms with Crippen LogP contribution < -0.4 is 0 Å². The van der Waals surface area contributed by atoms with E-state index in [-0.39, 0.29) is 22.9 Å². The Bertz CT molecular complexity index is 360. The average molecular weight is 280 g/mol. The van der Waals surface area contributed by atoms with Crippen molar-refractivity contribution in [3.63, 3.8) is 0 Å². The highest BCUT2D eigenvalue weighted by atomic mass is 35.5. The average Bonchev–Trinajstić information content (AvgIpc) is 2.15. The lowest BCUT2D eigenvalue weighted by atomic mass is 9.87. The second kappa shape index (κ2) is 5.27. The van der Waals surface area contributed by atoms with Gasteiger partial charge in [-0.1, -0.05) is 37.2 Å². The molecule has 17 heavy (non-hydrogen) atoms. The molecule has 0 aromatic rings. The van der Waals surface area contributed by atoms with Gasteiger partial charge in [-0.25, -0.2) is 4.79 Å². The third-order valence-corrected chi connectivity index (χ3v) is 4.06. The van der Waals surface area contributed by atoms with Crippen molar-refractivity contribution < 1.29 is 19.5 Å². The molecule has 3 atom stereocenters. The molecule has 96 valence electrons. The lowest BCUT2D eigenvalue weighted by Crippen LogP contribution is -2.65.